The van der Waals surface area contributed by atoms with Crippen LogP contribution in [0, 0.1) is 0 Å². The predicted molar refractivity (Wildman–Crippen MR) is 67.7 cm³/mol. The SMILES string of the molecule is CCc1ccc(N(C)C(=O)C(C)S)cc1. The van der Waals surface area contributed by atoms with Crippen LogP contribution < -0.4 is 4.90 Å². The molecule has 1 aromatic carbocycles. The summed E-state index contributed by atoms with van der Waals surface area (Å²) < 4.78 is 0. The predicted octanol–water partition coefficient (Wildman–Crippen LogP) is 2.53. The second kappa shape index (κ2) is 5.21. The molecule has 0 aliphatic carbocycles. The molecule has 15 heavy (non-hydrogen) atoms. The lowest BCUT2D eigenvalue weighted by atomic mass is 10.1. The molecule has 0 heterocycles. The maximum absolute atomic E-state index is 11.6. The molecule has 2 nitrogen and oxygen atoms in total. The number of thiol groups is 1. The van der Waals surface area contributed by atoms with Crippen LogP contribution in [0.2, 0.25) is 0 Å². The standard InChI is InChI=1S/C12H17NOS/c1-4-10-5-7-11(8-6-10)13(3)12(14)9(2)15/h5-9,15H,4H2,1-3H3. The zero-order valence-electron chi connectivity index (χ0n) is 9.40. The molecule has 0 fully saturated rings. The Kier molecular flexibility index (Phi) is 4.21. The smallest absolute Gasteiger partial charge is 0.239 e. The average molecular weight is 223 g/mol. The zero-order valence-corrected chi connectivity index (χ0v) is 10.3. The number of hydrogen-bond donors (Lipinski definition) is 1. The van der Waals surface area contributed by atoms with Gasteiger partial charge in [-0.15, -0.1) is 0 Å². The van der Waals surface area contributed by atoms with Gasteiger partial charge in [0.25, 0.3) is 0 Å². The van der Waals surface area contributed by atoms with E-state index in [1.807, 2.05) is 24.3 Å². The molecule has 82 valence electrons. The highest BCUT2D eigenvalue weighted by Gasteiger charge is 2.14. The van der Waals surface area contributed by atoms with Crippen molar-refractivity contribution in [2.45, 2.75) is 25.5 Å². The molecule has 0 aliphatic rings. The second-order valence-corrected chi connectivity index (χ2v) is 4.37. The van der Waals surface area contributed by atoms with E-state index in [1.165, 1.54) is 5.56 Å². The molecule has 1 aromatic rings. The minimum atomic E-state index is -0.263. The van der Waals surface area contributed by atoms with Crippen molar-refractivity contribution in [2.24, 2.45) is 0 Å². The summed E-state index contributed by atoms with van der Waals surface area (Å²) in [6.45, 7) is 3.89. The van der Waals surface area contributed by atoms with E-state index in [-0.39, 0.29) is 11.2 Å². The van der Waals surface area contributed by atoms with Crippen LogP contribution in [0.1, 0.15) is 19.4 Å². The molecule has 1 rings (SSSR count). The van der Waals surface area contributed by atoms with Crippen molar-refractivity contribution in [1.29, 1.82) is 0 Å². The van der Waals surface area contributed by atoms with Gasteiger partial charge in [0.1, 0.15) is 0 Å². The Bertz CT molecular complexity index is 332. The van der Waals surface area contributed by atoms with Gasteiger partial charge in [-0.05, 0) is 31.0 Å². The minimum absolute atomic E-state index is 0.0163. The Hall–Kier alpha value is -0.960. The summed E-state index contributed by atoms with van der Waals surface area (Å²) >= 11 is 4.13. The molecule has 0 saturated carbocycles. The Labute approximate surface area is 96.7 Å². The zero-order chi connectivity index (χ0) is 11.4. The fourth-order valence-corrected chi connectivity index (χ4v) is 1.54. The molecule has 1 unspecified atom stereocenters. The summed E-state index contributed by atoms with van der Waals surface area (Å²) in [5.74, 6) is 0.0163. The summed E-state index contributed by atoms with van der Waals surface area (Å²) in [5, 5.41) is -0.263. The number of anilines is 1. The van der Waals surface area contributed by atoms with E-state index in [1.54, 1.807) is 18.9 Å². The van der Waals surface area contributed by atoms with Gasteiger partial charge in [-0.2, -0.15) is 12.6 Å². The lowest BCUT2D eigenvalue weighted by Crippen LogP contribution is -2.31. The monoisotopic (exact) mass is 223 g/mol. The summed E-state index contributed by atoms with van der Waals surface area (Å²) in [4.78, 5) is 13.3. The molecule has 0 radical (unpaired) electrons. The normalized spacial score (nSPS) is 12.3. The van der Waals surface area contributed by atoms with Gasteiger partial charge in [0.05, 0.1) is 5.25 Å². The van der Waals surface area contributed by atoms with E-state index in [2.05, 4.69) is 19.6 Å². The van der Waals surface area contributed by atoms with Crippen molar-refractivity contribution in [3.63, 3.8) is 0 Å². The quantitative estimate of drug-likeness (QED) is 0.781. The van der Waals surface area contributed by atoms with E-state index in [9.17, 15) is 4.79 Å². The van der Waals surface area contributed by atoms with E-state index >= 15 is 0 Å². The molecule has 3 heteroatoms. The van der Waals surface area contributed by atoms with Crippen molar-refractivity contribution in [3.05, 3.63) is 29.8 Å². The Morgan fingerprint density at radius 3 is 2.33 bits per heavy atom. The van der Waals surface area contributed by atoms with Gasteiger partial charge in [0, 0.05) is 12.7 Å². The third-order valence-electron chi connectivity index (χ3n) is 2.42. The van der Waals surface area contributed by atoms with Crippen molar-refractivity contribution in [3.8, 4) is 0 Å². The largest absolute Gasteiger partial charge is 0.315 e. The Morgan fingerprint density at radius 1 is 1.40 bits per heavy atom. The third-order valence-corrected chi connectivity index (χ3v) is 2.64. The van der Waals surface area contributed by atoms with Gasteiger partial charge in [-0.3, -0.25) is 4.79 Å². The molecular weight excluding hydrogens is 206 g/mol. The number of rotatable bonds is 3. The molecule has 0 bridgehead atoms. The molecule has 0 N–H and O–H groups in total. The maximum atomic E-state index is 11.6. The van der Waals surface area contributed by atoms with E-state index in [0.717, 1.165) is 12.1 Å². The first-order valence-corrected chi connectivity index (χ1v) is 5.62. The molecule has 0 saturated heterocycles. The van der Waals surface area contributed by atoms with Gasteiger partial charge >= 0.3 is 0 Å². The fraction of sp³-hybridized carbons (Fsp3) is 0.417. The summed E-state index contributed by atoms with van der Waals surface area (Å²) in [6, 6.07) is 8.02. The highest BCUT2D eigenvalue weighted by molar-refractivity contribution is 7.81. The molecule has 1 atom stereocenters. The van der Waals surface area contributed by atoms with Crippen molar-refractivity contribution < 1.29 is 4.79 Å². The van der Waals surface area contributed by atoms with Gasteiger partial charge < -0.3 is 4.90 Å². The first-order valence-electron chi connectivity index (χ1n) is 5.10. The number of carbonyl (C=O) groups is 1. The summed E-state index contributed by atoms with van der Waals surface area (Å²) in [5.41, 5.74) is 2.19. The van der Waals surface area contributed by atoms with Crippen molar-refractivity contribution in [2.75, 3.05) is 11.9 Å². The number of benzene rings is 1. The lowest BCUT2D eigenvalue weighted by molar-refractivity contribution is -0.117. The molecule has 1 amide bonds. The highest BCUT2D eigenvalue weighted by Crippen LogP contribution is 2.15. The van der Waals surface area contributed by atoms with Crippen LogP contribution in [0.5, 0.6) is 0 Å². The van der Waals surface area contributed by atoms with E-state index in [0.29, 0.717) is 0 Å². The van der Waals surface area contributed by atoms with E-state index in [4.69, 9.17) is 0 Å². The first-order chi connectivity index (χ1) is 7.06. The number of carbonyl (C=O) groups excluding carboxylic acids is 1. The van der Waals surface area contributed by atoms with Crippen LogP contribution in [0.3, 0.4) is 0 Å². The van der Waals surface area contributed by atoms with Gasteiger partial charge in [0.2, 0.25) is 5.91 Å². The second-order valence-electron chi connectivity index (χ2n) is 3.59. The number of aryl methyl sites for hydroxylation is 1. The molecular formula is C12H17NOS. The van der Waals surface area contributed by atoms with E-state index < -0.39 is 0 Å². The summed E-state index contributed by atoms with van der Waals surface area (Å²) in [7, 11) is 1.77. The van der Waals surface area contributed by atoms with Crippen LogP contribution >= 0.6 is 12.6 Å². The number of amides is 1. The first kappa shape index (κ1) is 12.1. The van der Waals surface area contributed by atoms with Crippen molar-refractivity contribution in [1.82, 2.24) is 0 Å². The van der Waals surface area contributed by atoms with Crippen LogP contribution in [-0.4, -0.2) is 18.2 Å². The number of nitrogens with zero attached hydrogens (tertiary/aromatic N) is 1. The van der Waals surface area contributed by atoms with Gasteiger partial charge in [-0.25, -0.2) is 0 Å². The molecule has 0 aromatic heterocycles. The van der Waals surface area contributed by atoms with Gasteiger partial charge in [-0.1, -0.05) is 19.1 Å². The molecule has 0 spiro atoms. The third kappa shape index (κ3) is 2.99. The van der Waals surface area contributed by atoms with Crippen LogP contribution in [0.25, 0.3) is 0 Å². The minimum Gasteiger partial charge on any atom is -0.315 e. The Morgan fingerprint density at radius 2 is 1.93 bits per heavy atom. The summed E-state index contributed by atoms with van der Waals surface area (Å²) in [6.07, 6.45) is 1.01. The molecule has 0 aliphatic heterocycles. The van der Waals surface area contributed by atoms with Crippen LogP contribution in [-0.2, 0) is 11.2 Å². The Balaban J connectivity index is 2.82. The van der Waals surface area contributed by atoms with Crippen LogP contribution in [0.4, 0.5) is 5.69 Å². The highest BCUT2D eigenvalue weighted by atomic mass is 32.1. The number of hydrogen-bond acceptors (Lipinski definition) is 2. The van der Waals surface area contributed by atoms with Crippen LogP contribution in [0.15, 0.2) is 24.3 Å². The topological polar surface area (TPSA) is 20.3 Å². The van der Waals surface area contributed by atoms with Gasteiger partial charge in [0.15, 0.2) is 0 Å². The van der Waals surface area contributed by atoms with Crippen molar-refractivity contribution >= 4 is 24.2 Å². The average Bonchev–Trinajstić information content (AvgIpc) is 2.27. The lowest BCUT2D eigenvalue weighted by Gasteiger charge is -2.19. The maximum Gasteiger partial charge on any atom is 0.239 e. The fourth-order valence-electron chi connectivity index (χ4n) is 1.36.